The first kappa shape index (κ1) is 15.4. The number of aromatic nitrogens is 2. The molecule has 2 heterocycles. The zero-order valence-corrected chi connectivity index (χ0v) is 12.8. The van der Waals surface area contributed by atoms with Crippen LogP contribution in [0.5, 0.6) is 0 Å². The van der Waals surface area contributed by atoms with Crippen LogP contribution in [0.2, 0.25) is 0 Å². The molecule has 2 rings (SSSR count). The van der Waals surface area contributed by atoms with Crippen LogP contribution in [0.3, 0.4) is 0 Å². The highest BCUT2D eigenvalue weighted by Crippen LogP contribution is 2.18. The normalized spacial score (nSPS) is 18.6. The van der Waals surface area contributed by atoms with E-state index in [0.29, 0.717) is 11.7 Å². The number of β-amino-alcohol motifs (C(OH)–C–C–N with tert-alkyl or cyclic N) is 1. The van der Waals surface area contributed by atoms with Gasteiger partial charge >= 0.3 is 0 Å². The van der Waals surface area contributed by atoms with Crippen LogP contribution in [0, 0.1) is 6.92 Å². The lowest BCUT2D eigenvalue weighted by Gasteiger charge is -2.38. The van der Waals surface area contributed by atoms with Gasteiger partial charge in [-0.1, -0.05) is 19.0 Å². The maximum absolute atomic E-state index is 10.4. The lowest BCUT2D eigenvalue weighted by Crippen LogP contribution is -2.51. The fraction of sp³-hybridized carbons (Fsp3) is 0.857. The van der Waals surface area contributed by atoms with E-state index in [-0.39, 0.29) is 0 Å². The molecule has 0 atom stereocenters. The molecule has 0 aliphatic carbocycles. The van der Waals surface area contributed by atoms with Gasteiger partial charge in [-0.25, -0.2) is 0 Å². The van der Waals surface area contributed by atoms with Gasteiger partial charge in [0.2, 0.25) is 5.89 Å². The first-order valence-corrected chi connectivity index (χ1v) is 7.51. The minimum absolute atomic E-state index is 0.536. The summed E-state index contributed by atoms with van der Waals surface area (Å²) in [5.41, 5.74) is -0.536. The molecule has 0 amide bonds. The van der Waals surface area contributed by atoms with Gasteiger partial charge in [-0.2, -0.15) is 4.98 Å². The molecule has 1 fully saturated rings. The highest BCUT2D eigenvalue weighted by Gasteiger charge is 2.28. The van der Waals surface area contributed by atoms with Gasteiger partial charge in [0.25, 0.3) is 0 Å². The zero-order valence-electron chi connectivity index (χ0n) is 12.8. The topological polar surface area (TPSA) is 65.6 Å². The molecular formula is C14H26N4O2. The maximum atomic E-state index is 10.4. The second-order valence-corrected chi connectivity index (χ2v) is 5.72. The summed E-state index contributed by atoms with van der Waals surface area (Å²) in [6, 6.07) is 0. The molecule has 0 bridgehead atoms. The number of nitrogens with zero attached hydrogens (tertiary/aromatic N) is 4. The van der Waals surface area contributed by atoms with E-state index in [1.165, 1.54) is 0 Å². The average Bonchev–Trinajstić information content (AvgIpc) is 2.86. The van der Waals surface area contributed by atoms with E-state index in [9.17, 15) is 5.11 Å². The Morgan fingerprint density at radius 1 is 1.15 bits per heavy atom. The number of aryl methyl sites for hydroxylation is 1. The van der Waals surface area contributed by atoms with Crippen LogP contribution >= 0.6 is 0 Å². The van der Waals surface area contributed by atoms with E-state index >= 15 is 0 Å². The number of hydrogen-bond acceptors (Lipinski definition) is 6. The summed E-state index contributed by atoms with van der Waals surface area (Å²) in [5, 5.41) is 14.2. The van der Waals surface area contributed by atoms with Crippen LogP contribution in [-0.4, -0.2) is 63.4 Å². The Morgan fingerprint density at radius 3 is 2.25 bits per heavy atom. The lowest BCUT2D eigenvalue weighted by molar-refractivity contribution is -0.0169. The molecule has 0 saturated carbocycles. The van der Waals surface area contributed by atoms with Gasteiger partial charge in [0, 0.05) is 32.7 Å². The van der Waals surface area contributed by atoms with Crippen LogP contribution in [-0.2, 0) is 6.54 Å². The molecule has 114 valence electrons. The van der Waals surface area contributed by atoms with Crippen molar-refractivity contribution in [1.29, 1.82) is 0 Å². The van der Waals surface area contributed by atoms with Crippen LogP contribution in [0.1, 0.15) is 38.4 Å². The molecular weight excluding hydrogens is 256 g/mol. The van der Waals surface area contributed by atoms with Crippen molar-refractivity contribution >= 4 is 0 Å². The summed E-state index contributed by atoms with van der Waals surface area (Å²) >= 11 is 0. The monoisotopic (exact) mass is 282 g/mol. The summed E-state index contributed by atoms with van der Waals surface area (Å²) < 4.78 is 5.15. The summed E-state index contributed by atoms with van der Waals surface area (Å²) in [6.07, 6.45) is 1.62. The largest absolute Gasteiger partial charge is 0.389 e. The van der Waals surface area contributed by atoms with Gasteiger partial charge in [-0.05, 0) is 19.8 Å². The Kier molecular flexibility index (Phi) is 5.12. The van der Waals surface area contributed by atoms with Crippen molar-refractivity contribution in [3.63, 3.8) is 0 Å². The van der Waals surface area contributed by atoms with Crippen molar-refractivity contribution in [2.24, 2.45) is 0 Å². The maximum Gasteiger partial charge on any atom is 0.240 e. The molecule has 1 aliphatic rings. The number of aliphatic hydroxyl groups is 1. The molecule has 6 nitrogen and oxygen atoms in total. The fourth-order valence-corrected chi connectivity index (χ4v) is 2.59. The predicted molar refractivity (Wildman–Crippen MR) is 76.3 cm³/mol. The van der Waals surface area contributed by atoms with Crippen LogP contribution in [0.15, 0.2) is 4.52 Å². The molecule has 1 aromatic heterocycles. The van der Waals surface area contributed by atoms with Crippen LogP contribution < -0.4 is 0 Å². The van der Waals surface area contributed by atoms with Crippen molar-refractivity contribution in [2.75, 3.05) is 32.7 Å². The standard InChI is InChI=1S/C14H26N4O2/c1-4-14(19,5-2)11-18-8-6-17(7-9-18)10-13-15-12(3)16-20-13/h19H,4-11H2,1-3H3. The van der Waals surface area contributed by atoms with Crippen molar-refractivity contribution < 1.29 is 9.63 Å². The lowest BCUT2D eigenvalue weighted by atomic mass is 9.96. The molecule has 20 heavy (non-hydrogen) atoms. The smallest absolute Gasteiger partial charge is 0.240 e. The third-order valence-electron chi connectivity index (χ3n) is 4.23. The molecule has 1 saturated heterocycles. The number of piperazine rings is 1. The van der Waals surface area contributed by atoms with Gasteiger partial charge in [0.15, 0.2) is 5.82 Å². The first-order chi connectivity index (χ1) is 9.54. The van der Waals surface area contributed by atoms with Gasteiger partial charge in [0.05, 0.1) is 12.1 Å². The quantitative estimate of drug-likeness (QED) is 0.841. The van der Waals surface area contributed by atoms with Crippen molar-refractivity contribution in [1.82, 2.24) is 19.9 Å². The highest BCUT2D eigenvalue weighted by molar-refractivity contribution is 4.86. The van der Waals surface area contributed by atoms with E-state index in [0.717, 1.165) is 52.1 Å². The van der Waals surface area contributed by atoms with Gasteiger partial charge in [-0.3, -0.25) is 9.80 Å². The minimum atomic E-state index is -0.536. The second-order valence-electron chi connectivity index (χ2n) is 5.72. The third kappa shape index (κ3) is 4.01. The Bertz CT molecular complexity index is 409. The van der Waals surface area contributed by atoms with E-state index in [2.05, 4.69) is 33.8 Å². The van der Waals surface area contributed by atoms with Crippen LogP contribution in [0.4, 0.5) is 0 Å². The number of rotatable bonds is 6. The van der Waals surface area contributed by atoms with Gasteiger partial charge in [-0.15, -0.1) is 0 Å². The fourth-order valence-electron chi connectivity index (χ4n) is 2.59. The summed E-state index contributed by atoms with van der Waals surface area (Å²) in [7, 11) is 0. The summed E-state index contributed by atoms with van der Waals surface area (Å²) in [5.74, 6) is 1.38. The summed E-state index contributed by atoms with van der Waals surface area (Å²) in [6.45, 7) is 11.4. The van der Waals surface area contributed by atoms with E-state index in [1.807, 2.05) is 6.92 Å². The molecule has 6 heteroatoms. The molecule has 0 aromatic carbocycles. The van der Waals surface area contributed by atoms with E-state index in [1.54, 1.807) is 0 Å². The Balaban J connectivity index is 1.77. The Hall–Kier alpha value is -0.980. The SMILES string of the molecule is CCC(O)(CC)CN1CCN(Cc2nc(C)no2)CC1. The second kappa shape index (κ2) is 6.65. The average molecular weight is 282 g/mol. The van der Waals surface area contributed by atoms with Crippen LogP contribution in [0.25, 0.3) is 0 Å². The first-order valence-electron chi connectivity index (χ1n) is 7.51. The molecule has 1 aromatic rings. The summed E-state index contributed by atoms with van der Waals surface area (Å²) in [4.78, 5) is 8.91. The Morgan fingerprint density at radius 2 is 1.75 bits per heavy atom. The van der Waals surface area contributed by atoms with Crippen molar-refractivity contribution in [2.45, 2.75) is 45.8 Å². The third-order valence-corrected chi connectivity index (χ3v) is 4.23. The zero-order chi connectivity index (χ0) is 14.6. The molecule has 1 aliphatic heterocycles. The molecule has 0 radical (unpaired) electrons. The van der Waals surface area contributed by atoms with Gasteiger partial charge in [0.1, 0.15) is 0 Å². The van der Waals surface area contributed by atoms with E-state index in [4.69, 9.17) is 4.52 Å². The predicted octanol–water partition coefficient (Wildman–Crippen LogP) is 1.05. The number of hydrogen-bond donors (Lipinski definition) is 1. The molecule has 0 spiro atoms. The Labute approximate surface area is 120 Å². The minimum Gasteiger partial charge on any atom is -0.389 e. The van der Waals surface area contributed by atoms with Crippen molar-refractivity contribution in [3.8, 4) is 0 Å². The van der Waals surface area contributed by atoms with E-state index < -0.39 is 5.60 Å². The van der Waals surface area contributed by atoms with Crippen molar-refractivity contribution in [3.05, 3.63) is 11.7 Å². The van der Waals surface area contributed by atoms with Gasteiger partial charge < -0.3 is 9.63 Å². The molecule has 0 unspecified atom stereocenters. The highest BCUT2D eigenvalue weighted by atomic mass is 16.5. The molecule has 1 N–H and O–H groups in total.